The average Bonchev–Trinajstić information content (AvgIpc) is 3.04. The summed E-state index contributed by atoms with van der Waals surface area (Å²) >= 11 is 0. The van der Waals surface area contributed by atoms with Gasteiger partial charge in [0, 0.05) is 16.6 Å². The molecule has 6 heteroatoms. The summed E-state index contributed by atoms with van der Waals surface area (Å²) in [5.41, 5.74) is 7.39. The third-order valence-corrected chi connectivity index (χ3v) is 6.05. The first-order chi connectivity index (χ1) is 14.1. The molecule has 1 aromatic carbocycles. The number of rotatable bonds is 5. The van der Waals surface area contributed by atoms with Gasteiger partial charge in [0.15, 0.2) is 0 Å². The van der Waals surface area contributed by atoms with Crippen molar-refractivity contribution in [1.82, 2.24) is 4.98 Å². The molecule has 1 unspecified atom stereocenters. The number of aliphatic imine (C=N–C) groups is 1. The second kappa shape index (κ2) is 10.1. The summed E-state index contributed by atoms with van der Waals surface area (Å²) in [4.78, 5) is 19.7. The van der Waals surface area contributed by atoms with E-state index < -0.39 is 17.5 Å². The number of aromatic nitrogens is 1. The van der Waals surface area contributed by atoms with Crippen LogP contribution in [-0.2, 0) is 4.79 Å². The van der Waals surface area contributed by atoms with E-state index in [0.717, 1.165) is 29.5 Å². The van der Waals surface area contributed by atoms with Gasteiger partial charge in [0.2, 0.25) is 5.91 Å². The zero-order valence-electron chi connectivity index (χ0n) is 18.9. The molecule has 0 saturated heterocycles. The number of nitrogens with one attached hydrogen (secondary N) is 1. The Labute approximate surface area is 179 Å². The van der Waals surface area contributed by atoms with Crippen LogP contribution in [0.4, 0.5) is 10.1 Å². The maximum atomic E-state index is 14.1. The van der Waals surface area contributed by atoms with Crippen LogP contribution in [0.15, 0.2) is 23.2 Å². The molecule has 166 valence electrons. The van der Waals surface area contributed by atoms with Gasteiger partial charge in [0.1, 0.15) is 11.4 Å². The molecule has 1 fully saturated rings. The molecule has 1 amide bonds. The fourth-order valence-electron chi connectivity index (χ4n) is 3.67. The Kier molecular flexibility index (Phi) is 8.04. The number of halogens is 1. The lowest BCUT2D eigenvalue weighted by molar-refractivity contribution is -0.119. The fraction of sp³-hybridized carbons (Fsp3) is 0.583. The number of fused-ring (bicyclic) bond motifs is 1. The van der Waals surface area contributed by atoms with Crippen molar-refractivity contribution in [3.8, 4) is 5.75 Å². The van der Waals surface area contributed by atoms with Gasteiger partial charge in [0.25, 0.3) is 0 Å². The number of hydrogen-bond donors (Lipinski definition) is 3. The number of nitrogens with zero attached hydrogens (tertiary/aromatic N) is 1. The van der Waals surface area contributed by atoms with E-state index in [9.17, 15) is 14.3 Å². The number of alkyl halides is 1. The van der Waals surface area contributed by atoms with Gasteiger partial charge >= 0.3 is 0 Å². The van der Waals surface area contributed by atoms with Gasteiger partial charge in [0.05, 0.1) is 17.3 Å². The second-order valence-corrected chi connectivity index (χ2v) is 8.68. The van der Waals surface area contributed by atoms with Crippen LogP contribution in [0.3, 0.4) is 0 Å². The van der Waals surface area contributed by atoms with E-state index in [0.29, 0.717) is 24.2 Å². The number of unbranched alkanes of at least 4 members (excludes halogenated alkanes) is 1. The molecule has 0 bridgehead atoms. The monoisotopic (exact) mass is 417 g/mol. The molecule has 30 heavy (non-hydrogen) atoms. The summed E-state index contributed by atoms with van der Waals surface area (Å²) in [6.07, 6.45) is 5.22. The van der Waals surface area contributed by atoms with Crippen LogP contribution in [0, 0.1) is 5.92 Å². The van der Waals surface area contributed by atoms with Crippen LogP contribution in [0.2, 0.25) is 0 Å². The Morgan fingerprint density at radius 2 is 1.93 bits per heavy atom. The van der Waals surface area contributed by atoms with Crippen LogP contribution in [-0.4, -0.2) is 27.4 Å². The lowest BCUT2D eigenvalue weighted by Crippen LogP contribution is -2.28. The molecule has 3 rings (SSSR count). The Bertz CT molecular complexity index is 889. The second-order valence-electron chi connectivity index (χ2n) is 8.68. The Balaban J connectivity index is 0.000000735. The first-order valence-electron chi connectivity index (χ1n) is 11.0. The van der Waals surface area contributed by atoms with E-state index in [1.807, 2.05) is 6.92 Å². The Morgan fingerprint density at radius 1 is 1.33 bits per heavy atom. The number of phenolic OH excluding ortho intramolecular Hbond substituents is 1. The number of benzene rings is 1. The highest BCUT2D eigenvalue weighted by Gasteiger charge is 2.32. The topological polar surface area (TPSA) is 91.5 Å². The molecule has 1 aliphatic carbocycles. The molecule has 1 aromatic heterocycles. The van der Waals surface area contributed by atoms with Gasteiger partial charge in [-0.05, 0) is 70.6 Å². The van der Waals surface area contributed by atoms with Crippen LogP contribution in [0.25, 0.3) is 10.9 Å². The van der Waals surface area contributed by atoms with Gasteiger partial charge in [-0.2, -0.15) is 0 Å². The van der Waals surface area contributed by atoms with E-state index in [1.54, 1.807) is 32.0 Å². The largest absolute Gasteiger partial charge is 0.508 e. The number of amides is 1. The number of carbonyl (C=O) groups excluding carboxylic acids is 1. The zero-order chi connectivity index (χ0) is 22.5. The Morgan fingerprint density at radius 3 is 2.47 bits per heavy atom. The van der Waals surface area contributed by atoms with Crippen LogP contribution in [0.5, 0.6) is 5.75 Å². The van der Waals surface area contributed by atoms with E-state index in [2.05, 4.69) is 18.8 Å². The lowest BCUT2D eigenvalue weighted by Gasteiger charge is -2.31. The highest BCUT2D eigenvalue weighted by atomic mass is 19.1. The van der Waals surface area contributed by atoms with E-state index in [1.165, 1.54) is 12.8 Å². The molecule has 1 heterocycles. The number of aromatic amines is 1. The van der Waals surface area contributed by atoms with Gasteiger partial charge in [-0.1, -0.05) is 26.7 Å². The third-order valence-electron chi connectivity index (χ3n) is 6.05. The third kappa shape index (κ3) is 5.83. The van der Waals surface area contributed by atoms with Crippen molar-refractivity contribution >= 4 is 28.2 Å². The van der Waals surface area contributed by atoms with Crippen LogP contribution < -0.4 is 5.73 Å². The number of phenols is 1. The van der Waals surface area contributed by atoms with Crippen molar-refractivity contribution in [2.45, 2.75) is 84.7 Å². The minimum Gasteiger partial charge on any atom is -0.508 e. The van der Waals surface area contributed by atoms with Gasteiger partial charge < -0.3 is 15.8 Å². The molecule has 1 saturated carbocycles. The minimum absolute atomic E-state index is 0.134. The van der Waals surface area contributed by atoms with E-state index in [-0.39, 0.29) is 11.7 Å². The van der Waals surface area contributed by atoms with Crippen molar-refractivity contribution in [3.63, 3.8) is 0 Å². The maximum Gasteiger partial charge on any atom is 0.226 e. The summed E-state index contributed by atoms with van der Waals surface area (Å²) in [5, 5.41) is 10.6. The van der Waals surface area contributed by atoms with Crippen molar-refractivity contribution in [2.75, 3.05) is 0 Å². The molecule has 0 aliphatic heterocycles. The maximum absolute atomic E-state index is 14.1. The van der Waals surface area contributed by atoms with E-state index >= 15 is 0 Å². The average molecular weight is 418 g/mol. The lowest BCUT2D eigenvalue weighted by atomic mass is 9.79. The van der Waals surface area contributed by atoms with Crippen molar-refractivity contribution in [2.24, 2.45) is 16.6 Å². The predicted octanol–water partition coefficient (Wildman–Crippen LogP) is 6.28. The van der Waals surface area contributed by atoms with Gasteiger partial charge in [-0.15, -0.1) is 0 Å². The number of nitrogens with two attached hydrogens (primary N) is 1. The van der Waals surface area contributed by atoms with Crippen molar-refractivity contribution in [3.05, 3.63) is 23.9 Å². The molecule has 1 atom stereocenters. The minimum atomic E-state index is -1.09. The van der Waals surface area contributed by atoms with Gasteiger partial charge in [-0.25, -0.2) is 4.39 Å². The summed E-state index contributed by atoms with van der Waals surface area (Å²) in [6, 6.07) is 4.97. The highest BCUT2D eigenvalue weighted by Crippen LogP contribution is 2.39. The van der Waals surface area contributed by atoms with Crippen LogP contribution >= 0.6 is 0 Å². The molecule has 5 nitrogen and oxygen atoms in total. The first-order valence-corrected chi connectivity index (χ1v) is 11.0. The Hall–Kier alpha value is -2.37. The molecule has 2 aromatic rings. The SMILES string of the molecule is CC(=Nc1c(C(C)C(N)=O)[nH]c2ccc(O)cc12)C1CCC(C)(F)CC1.CCCC. The normalized spacial score (nSPS) is 23.0. The number of primary amides is 1. The number of carbonyl (C=O) groups is 1. The van der Waals surface area contributed by atoms with Gasteiger partial charge in [-0.3, -0.25) is 9.79 Å². The molecule has 0 radical (unpaired) electrons. The molecular formula is C24H36FN3O2. The summed E-state index contributed by atoms with van der Waals surface area (Å²) in [7, 11) is 0. The highest BCUT2D eigenvalue weighted by molar-refractivity contribution is 6.00. The summed E-state index contributed by atoms with van der Waals surface area (Å²) in [5.74, 6) is -0.620. The fourth-order valence-corrected chi connectivity index (χ4v) is 3.67. The van der Waals surface area contributed by atoms with Crippen molar-refractivity contribution < 1.29 is 14.3 Å². The zero-order valence-corrected chi connectivity index (χ0v) is 18.9. The van der Waals surface area contributed by atoms with E-state index in [4.69, 9.17) is 10.7 Å². The summed E-state index contributed by atoms with van der Waals surface area (Å²) in [6.45, 7) is 9.70. The number of aromatic hydroxyl groups is 1. The van der Waals surface area contributed by atoms with Crippen LogP contribution in [0.1, 0.15) is 84.8 Å². The number of hydrogen-bond acceptors (Lipinski definition) is 3. The molecular weight excluding hydrogens is 381 g/mol. The quantitative estimate of drug-likeness (QED) is 0.500. The molecule has 1 aliphatic rings. The summed E-state index contributed by atoms with van der Waals surface area (Å²) < 4.78 is 14.1. The molecule has 0 spiro atoms. The smallest absolute Gasteiger partial charge is 0.226 e. The van der Waals surface area contributed by atoms with Crippen molar-refractivity contribution in [1.29, 1.82) is 0 Å². The standard InChI is InChI=1S/C20H26FN3O2.C4H10/c1-11(19(22)26)17-18(15-10-14(25)4-5-16(15)24-17)23-12(2)13-6-8-20(3,21)9-7-13;1-3-4-2/h4-5,10-11,13,24-25H,6-9H2,1-3H3,(H2,22,26);3-4H2,1-2H3. The number of H-pyrrole nitrogens is 1. The predicted molar refractivity (Wildman–Crippen MR) is 122 cm³/mol. The molecule has 4 N–H and O–H groups in total. The first kappa shape index (κ1) is 23.9.